The maximum Gasteiger partial charge on any atom is 0.151 e. The topological polar surface area (TPSA) is 59.9 Å². The van der Waals surface area contributed by atoms with Crippen molar-refractivity contribution in [1.29, 1.82) is 0 Å². The fraction of sp³-hybridized carbons (Fsp3) is 0.222. The highest BCUT2D eigenvalue weighted by Crippen LogP contribution is 2.24. The number of hydrogen-bond donors (Lipinski definition) is 0. The molecule has 0 saturated heterocycles. The van der Waals surface area contributed by atoms with Crippen molar-refractivity contribution in [1.82, 2.24) is 8.75 Å². The van der Waals surface area contributed by atoms with Gasteiger partial charge in [-0.1, -0.05) is 36.4 Å². The van der Waals surface area contributed by atoms with Crippen molar-refractivity contribution in [3.05, 3.63) is 59.9 Å². The lowest BCUT2D eigenvalue weighted by molar-refractivity contribution is 0.594. The molecule has 128 valence electrons. The first kappa shape index (κ1) is 16.6. The van der Waals surface area contributed by atoms with Crippen molar-refractivity contribution in [3.63, 3.8) is 0 Å². The summed E-state index contributed by atoms with van der Waals surface area (Å²) < 4.78 is 35.9. The zero-order valence-electron chi connectivity index (χ0n) is 13.4. The van der Waals surface area contributed by atoms with Crippen LogP contribution in [0.25, 0.3) is 20.2 Å². The maximum atomic E-state index is 12.4. The lowest BCUT2D eigenvalue weighted by atomic mass is 10.2. The molecule has 2 heterocycles. The van der Waals surface area contributed by atoms with E-state index in [9.17, 15) is 8.42 Å². The van der Waals surface area contributed by atoms with E-state index in [0.29, 0.717) is 12.8 Å². The normalized spacial score (nSPS) is 12.2. The number of aryl methyl sites for hydroxylation is 2. The van der Waals surface area contributed by atoms with Crippen LogP contribution >= 0.6 is 23.1 Å². The average molecular weight is 389 g/mol. The molecular formula is C18H16N2O2S3. The zero-order valence-corrected chi connectivity index (χ0v) is 15.8. The first-order valence-corrected chi connectivity index (χ1v) is 11.4. The summed E-state index contributed by atoms with van der Waals surface area (Å²) >= 11 is 2.85. The standard InChI is InChI=1S/C18H16N2O2S3/c21-25(22,11-9-15-13-5-1-3-7-17(13)23-19-15)12-10-16-14-6-2-4-8-18(14)24-20-16/h1-8H,9-12H2. The molecule has 2 aromatic carbocycles. The number of fused-ring (bicyclic) bond motifs is 2. The molecule has 0 N–H and O–H groups in total. The third kappa shape index (κ3) is 3.58. The van der Waals surface area contributed by atoms with E-state index in [2.05, 4.69) is 8.75 Å². The van der Waals surface area contributed by atoms with Gasteiger partial charge in [0.1, 0.15) is 0 Å². The van der Waals surface area contributed by atoms with E-state index in [1.54, 1.807) is 0 Å². The number of sulfone groups is 1. The Morgan fingerprint density at radius 2 is 1.16 bits per heavy atom. The minimum absolute atomic E-state index is 0.128. The first-order chi connectivity index (χ1) is 12.1. The van der Waals surface area contributed by atoms with Gasteiger partial charge in [0.25, 0.3) is 0 Å². The third-order valence-electron chi connectivity index (χ3n) is 4.20. The van der Waals surface area contributed by atoms with E-state index in [4.69, 9.17) is 0 Å². The van der Waals surface area contributed by atoms with Crippen LogP contribution in [0.5, 0.6) is 0 Å². The monoisotopic (exact) mass is 388 g/mol. The molecule has 4 aromatic rings. The Hall–Kier alpha value is -1.83. The van der Waals surface area contributed by atoms with E-state index < -0.39 is 9.84 Å². The third-order valence-corrected chi connectivity index (χ3v) is 7.59. The Labute approximate surface area is 154 Å². The molecule has 0 aliphatic heterocycles. The highest BCUT2D eigenvalue weighted by molar-refractivity contribution is 7.91. The second kappa shape index (κ2) is 6.82. The predicted octanol–water partition coefficient (Wildman–Crippen LogP) is 4.11. The molecule has 25 heavy (non-hydrogen) atoms. The van der Waals surface area contributed by atoms with Crippen molar-refractivity contribution < 1.29 is 8.42 Å². The van der Waals surface area contributed by atoms with Crippen LogP contribution in [0.3, 0.4) is 0 Å². The lowest BCUT2D eigenvalue weighted by Gasteiger charge is -2.03. The molecule has 0 aliphatic carbocycles. The highest BCUT2D eigenvalue weighted by atomic mass is 32.2. The molecule has 4 rings (SSSR count). The fourth-order valence-electron chi connectivity index (χ4n) is 2.84. The summed E-state index contributed by atoms with van der Waals surface area (Å²) in [6.07, 6.45) is 0.925. The van der Waals surface area contributed by atoms with Gasteiger partial charge in [0.15, 0.2) is 9.84 Å². The van der Waals surface area contributed by atoms with Crippen LogP contribution in [0.2, 0.25) is 0 Å². The zero-order chi connectivity index (χ0) is 17.3. The number of rotatable bonds is 6. The second-order valence-corrected chi connectivity index (χ2v) is 9.82. The maximum absolute atomic E-state index is 12.4. The summed E-state index contributed by atoms with van der Waals surface area (Å²) in [6, 6.07) is 15.9. The van der Waals surface area contributed by atoms with E-state index in [-0.39, 0.29) is 11.5 Å². The number of hydrogen-bond acceptors (Lipinski definition) is 6. The molecule has 7 heteroatoms. The van der Waals surface area contributed by atoms with E-state index in [1.807, 2.05) is 48.5 Å². The Kier molecular flexibility index (Phi) is 4.54. The SMILES string of the molecule is O=S(=O)(CCc1nsc2ccccc12)CCc1nsc2ccccc12. The summed E-state index contributed by atoms with van der Waals surface area (Å²) in [5.41, 5.74) is 1.76. The van der Waals surface area contributed by atoms with Gasteiger partial charge in [-0.3, -0.25) is 0 Å². The van der Waals surface area contributed by atoms with Gasteiger partial charge in [-0.2, -0.15) is 8.75 Å². The smallest absolute Gasteiger partial charge is 0.151 e. The van der Waals surface area contributed by atoms with Gasteiger partial charge in [-0.25, -0.2) is 8.42 Å². The van der Waals surface area contributed by atoms with Crippen LogP contribution < -0.4 is 0 Å². The van der Waals surface area contributed by atoms with Crippen molar-refractivity contribution in [2.75, 3.05) is 11.5 Å². The van der Waals surface area contributed by atoms with E-state index in [0.717, 1.165) is 31.6 Å². The van der Waals surface area contributed by atoms with Gasteiger partial charge in [-0.15, -0.1) is 0 Å². The lowest BCUT2D eigenvalue weighted by Crippen LogP contribution is -2.15. The molecule has 0 amide bonds. The Morgan fingerprint density at radius 1 is 0.720 bits per heavy atom. The van der Waals surface area contributed by atoms with Crippen LogP contribution in [0.15, 0.2) is 48.5 Å². The molecule has 4 nitrogen and oxygen atoms in total. The van der Waals surface area contributed by atoms with Gasteiger partial charge >= 0.3 is 0 Å². The number of aromatic nitrogens is 2. The highest BCUT2D eigenvalue weighted by Gasteiger charge is 2.16. The van der Waals surface area contributed by atoms with Gasteiger partial charge in [-0.05, 0) is 35.2 Å². The molecule has 0 spiro atoms. The summed E-state index contributed by atoms with van der Waals surface area (Å²) in [6.45, 7) is 0. The van der Waals surface area contributed by atoms with Crippen molar-refractivity contribution in [3.8, 4) is 0 Å². The predicted molar refractivity (Wildman–Crippen MR) is 105 cm³/mol. The second-order valence-electron chi connectivity index (χ2n) is 5.90. The minimum atomic E-state index is -3.14. The van der Waals surface area contributed by atoms with Gasteiger partial charge < -0.3 is 0 Å². The van der Waals surface area contributed by atoms with Crippen LogP contribution in [0, 0.1) is 0 Å². The van der Waals surface area contributed by atoms with Crippen LogP contribution in [-0.4, -0.2) is 28.7 Å². The van der Waals surface area contributed by atoms with Crippen molar-refractivity contribution in [2.24, 2.45) is 0 Å². The van der Waals surface area contributed by atoms with Crippen LogP contribution in [0.4, 0.5) is 0 Å². The summed E-state index contributed by atoms with van der Waals surface area (Å²) in [5, 5.41) is 2.13. The Balaban J connectivity index is 1.43. The molecule has 0 atom stereocenters. The molecule has 2 aromatic heterocycles. The van der Waals surface area contributed by atoms with E-state index in [1.165, 1.54) is 23.1 Å². The minimum Gasteiger partial charge on any atom is -0.229 e. The molecule has 0 radical (unpaired) electrons. The summed E-state index contributed by atoms with van der Waals surface area (Å²) in [5.74, 6) is 0.256. The quantitative estimate of drug-likeness (QED) is 0.499. The average Bonchev–Trinajstić information content (AvgIpc) is 3.23. The Morgan fingerprint density at radius 3 is 1.64 bits per heavy atom. The number of nitrogens with zero attached hydrogens (tertiary/aromatic N) is 2. The van der Waals surface area contributed by atoms with Gasteiger partial charge in [0.2, 0.25) is 0 Å². The largest absolute Gasteiger partial charge is 0.229 e. The van der Waals surface area contributed by atoms with Gasteiger partial charge in [0.05, 0.1) is 32.3 Å². The van der Waals surface area contributed by atoms with Crippen molar-refractivity contribution >= 4 is 53.1 Å². The first-order valence-electron chi connectivity index (χ1n) is 7.99. The van der Waals surface area contributed by atoms with Crippen molar-refractivity contribution in [2.45, 2.75) is 12.8 Å². The van der Waals surface area contributed by atoms with E-state index >= 15 is 0 Å². The summed E-state index contributed by atoms with van der Waals surface area (Å²) in [4.78, 5) is 0. The molecule has 0 aliphatic rings. The molecule has 0 bridgehead atoms. The molecule has 0 saturated carbocycles. The number of benzene rings is 2. The van der Waals surface area contributed by atoms with Crippen LogP contribution in [0.1, 0.15) is 11.4 Å². The fourth-order valence-corrected chi connectivity index (χ4v) is 5.70. The molecular weight excluding hydrogens is 372 g/mol. The summed E-state index contributed by atoms with van der Waals surface area (Å²) in [7, 11) is -3.14. The van der Waals surface area contributed by atoms with Gasteiger partial charge in [0, 0.05) is 23.6 Å². The Bertz CT molecular complexity index is 1050. The molecule has 0 unspecified atom stereocenters. The molecule has 0 fully saturated rings. The van der Waals surface area contributed by atoms with Crippen LogP contribution in [-0.2, 0) is 22.7 Å².